The predicted octanol–water partition coefficient (Wildman–Crippen LogP) is 1.25. The van der Waals surface area contributed by atoms with Crippen LogP contribution < -0.4 is 5.32 Å². The SMILES string of the molecule is CN1[C@@H](CC(=O)N2CCC(F)(F)CC2)CC[C@H]1CNC(=O)c1ccn[nH]1. The molecule has 26 heavy (non-hydrogen) atoms. The van der Waals surface area contributed by atoms with Gasteiger partial charge in [0.25, 0.3) is 11.8 Å². The number of halogens is 2. The van der Waals surface area contributed by atoms with E-state index in [9.17, 15) is 18.4 Å². The lowest BCUT2D eigenvalue weighted by Gasteiger charge is -2.33. The molecule has 9 heteroatoms. The van der Waals surface area contributed by atoms with Crippen LogP contribution in [-0.2, 0) is 4.79 Å². The quantitative estimate of drug-likeness (QED) is 0.819. The molecule has 0 aromatic carbocycles. The Bertz CT molecular complexity index is 627. The minimum atomic E-state index is -2.64. The van der Waals surface area contributed by atoms with Crippen molar-refractivity contribution in [2.75, 3.05) is 26.7 Å². The summed E-state index contributed by atoms with van der Waals surface area (Å²) in [6, 6.07) is 1.85. The van der Waals surface area contributed by atoms with Gasteiger partial charge in [0.05, 0.1) is 0 Å². The lowest BCUT2D eigenvalue weighted by molar-refractivity contribution is -0.138. The molecule has 0 unspecified atom stereocenters. The van der Waals surface area contributed by atoms with Gasteiger partial charge in [0.2, 0.25) is 5.91 Å². The summed E-state index contributed by atoms with van der Waals surface area (Å²) in [5, 5.41) is 9.25. The van der Waals surface area contributed by atoms with Crippen LogP contribution in [0.25, 0.3) is 0 Å². The molecule has 7 nitrogen and oxygen atoms in total. The van der Waals surface area contributed by atoms with Crippen LogP contribution in [0.2, 0.25) is 0 Å². The molecule has 2 amide bonds. The van der Waals surface area contributed by atoms with Crippen LogP contribution in [0, 0.1) is 0 Å². The number of hydrogen-bond donors (Lipinski definition) is 2. The summed E-state index contributed by atoms with van der Waals surface area (Å²) < 4.78 is 26.4. The van der Waals surface area contributed by atoms with E-state index in [1.807, 2.05) is 7.05 Å². The molecule has 0 saturated carbocycles. The largest absolute Gasteiger partial charge is 0.349 e. The van der Waals surface area contributed by atoms with Crippen molar-refractivity contribution in [2.24, 2.45) is 0 Å². The number of rotatable bonds is 5. The normalized spacial score (nSPS) is 26.0. The molecule has 1 aromatic heterocycles. The third-order valence-electron chi connectivity index (χ3n) is 5.49. The number of likely N-dealkylation sites (tertiary alicyclic amines) is 2. The van der Waals surface area contributed by atoms with Gasteiger partial charge in [0, 0.05) is 57.2 Å². The molecule has 2 saturated heterocycles. The zero-order chi connectivity index (χ0) is 18.7. The number of H-pyrrole nitrogens is 1. The number of alkyl halides is 2. The van der Waals surface area contributed by atoms with Gasteiger partial charge in [-0.1, -0.05) is 0 Å². The van der Waals surface area contributed by atoms with E-state index in [1.54, 1.807) is 11.0 Å². The van der Waals surface area contributed by atoms with Crippen molar-refractivity contribution in [3.8, 4) is 0 Å². The molecule has 3 rings (SSSR count). The summed E-state index contributed by atoms with van der Waals surface area (Å²) in [5.41, 5.74) is 0.416. The molecular weight excluding hydrogens is 344 g/mol. The standard InChI is InChI=1S/C17H25F2N5O2/c1-23-12(10-15(25)24-8-5-17(18,19)6-9-24)2-3-13(23)11-20-16(26)14-4-7-21-22-14/h4,7,12-13H,2-3,5-6,8-11H2,1H3,(H,20,26)(H,21,22)/t12-,13+/m1/s1. The molecule has 2 atom stereocenters. The van der Waals surface area contributed by atoms with Crippen LogP contribution >= 0.6 is 0 Å². The van der Waals surface area contributed by atoms with Crippen molar-refractivity contribution in [3.05, 3.63) is 18.0 Å². The molecule has 3 heterocycles. The Hall–Kier alpha value is -2.03. The van der Waals surface area contributed by atoms with Gasteiger partial charge in [0.15, 0.2) is 0 Å². The molecule has 0 aliphatic carbocycles. The average molecular weight is 369 g/mol. The van der Waals surface area contributed by atoms with Crippen molar-refractivity contribution < 1.29 is 18.4 Å². The smallest absolute Gasteiger partial charge is 0.269 e. The predicted molar refractivity (Wildman–Crippen MR) is 90.9 cm³/mol. The molecule has 2 aliphatic rings. The topological polar surface area (TPSA) is 81.3 Å². The third kappa shape index (κ3) is 4.38. The third-order valence-corrected chi connectivity index (χ3v) is 5.49. The number of nitrogens with one attached hydrogen (secondary N) is 2. The van der Waals surface area contributed by atoms with Gasteiger partial charge in [-0.25, -0.2) is 8.78 Å². The van der Waals surface area contributed by atoms with Crippen molar-refractivity contribution in [1.29, 1.82) is 0 Å². The van der Waals surface area contributed by atoms with Crippen LogP contribution in [0.3, 0.4) is 0 Å². The number of hydrogen-bond acceptors (Lipinski definition) is 4. The van der Waals surface area contributed by atoms with Gasteiger partial charge in [-0.05, 0) is 26.0 Å². The molecule has 2 aliphatic heterocycles. The number of nitrogens with zero attached hydrogens (tertiary/aromatic N) is 3. The molecule has 0 spiro atoms. The lowest BCUT2D eigenvalue weighted by atomic mass is 10.0. The van der Waals surface area contributed by atoms with Crippen molar-refractivity contribution in [1.82, 2.24) is 25.3 Å². The summed E-state index contributed by atoms with van der Waals surface area (Å²) in [6.45, 7) is 0.757. The Morgan fingerprint density at radius 3 is 2.65 bits per heavy atom. The second-order valence-corrected chi connectivity index (χ2v) is 7.17. The molecule has 1 aromatic rings. The van der Waals surface area contributed by atoms with E-state index in [0.29, 0.717) is 18.7 Å². The monoisotopic (exact) mass is 369 g/mol. The number of piperidine rings is 1. The van der Waals surface area contributed by atoms with E-state index in [4.69, 9.17) is 0 Å². The second kappa shape index (κ2) is 7.69. The average Bonchev–Trinajstić information content (AvgIpc) is 3.24. The van der Waals surface area contributed by atoms with Crippen LogP contribution in [0.4, 0.5) is 8.78 Å². The Kier molecular flexibility index (Phi) is 5.55. The van der Waals surface area contributed by atoms with E-state index < -0.39 is 5.92 Å². The minimum Gasteiger partial charge on any atom is -0.349 e. The van der Waals surface area contributed by atoms with Gasteiger partial charge < -0.3 is 10.2 Å². The van der Waals surface area contributed by atoms with Crippen LogP contribution in [0.5, 0.6) is 0 Å². The number of aromatic amines is 1. The van der Waals surface area contributed by atoms with Gasteiger partial charge in [-0.2, -0.15) is 5.10 Å². The lowest BCUT2D eigenvalue weighted by Crippen LogP contribution is -2.46. The summed E-state index contributed by atoms with van der Waals surface area (Å²) in [5.74, 6) is -2.90. The van der Waals surface area contributed by atoms with E-state index in [-0.39, 0.29) is 49.8 Å². The van der Waals surface area contributed by atoms with Gasteiger partial charge >= 0.3 is 0 Å². The Morgan fingerprint density at radius 2 is 2.00 bits per heavy atom. The van der Waals surface area contributed by atoms with Crippen molar-refractivity contribution >= 4 is 11.8 Å². The van der Waals surface area contributed by atoms with E-state index >= 15 is 0 Å². The molecule has 0 radical (unpaired) electrons. The molecule has 0 bridgehead atoms. The number of amides is 2. The summed E-state index contributed by atoms with van der Waals surface area (Å²) >= 11 is 0. The number of likely N-dealkylation sites (N-methyl/N-ethyl adjacent to an activating group) is 1. The first kappa shape index (κ1) is 18.8. The Morgan fingerprint density at radius 1 is 1.31 bits per heavy atom. The second-order valence-electron chi connectivity index (χ2n) is 7.17. The fourth-order valence-corrected chi connectivity index (χ4v) is 3.68. The Balaban J connectivity index is 1.44. The van der Waals surface area contributed by atoms with Crippen LogP contribution in [0.1, 0.15) is 42.6 Å². The van der Waals surface area contributed by atoms with E-state index in [0.717, 1.165) is 12.8 Å². The fourth-order valence-electron chi connectivity index (χ4n) is 3.68. The summed E-state index contributed by atoms with van der Waals surface area (Å²) in [7, 11) is 1.95. The van der Waals surface area contributed by atoms with Crippen molar-refractivity contribution in [2.45, 2.75) is 50.1 Å². The molecule has 144 valence electrons. The molecular formula is C17H25F2N5O2. The highest BCUT2D eigenvalue weighted by molar-refractivity contribution is 5.92. The summed E-state index contributed by atoms with van der Waals surface area (Å²) in [6.07, 6.45) is 3.11. The van der Waals surface area contributed by atoms with Gasteiger partial charge in [-0.3, -0.25) is 19.6 Å². The first-order valence-corrected chi connectivity index (χ1v) is 9.01. The molecule has 2 fully saturated rings. The maximum absolute atomic E-state index is 13.2. The fraction of sp³-hybridized carbons (Fsp3) is 0.706. The van der Waals surface area contributed by atoms with Gasteiger partial charge in [-0.15, -0.1) is 0 Å². The number of aromatic nitrogens is 2. The van der Waals surface area contributed by atoms with Gasteiger partial charge in [0.1, 0.15) is 5.69 Å². The Labute approximate surface area is 151 Å². The maximum atomic E-state index is 13.2. The zero-order valence-corrected chi connectivity index (χ0v) is 14.9. The first-order chi connectivity index (χ1) is 12.4. The first-order valence-electron chi connectivity index (χ1n) is 9.01. The van der Waals surface area contributed by atoms with Crippen LogP contribution in [0.15, 0.2) is 12.3 Å². The minimum absolute atomic E-state index is 0.0560. The maximum Gasteiger partial charge on any atom is 0.269 e. The van der Waals surface area contributed by atoms with E-state index in [2.05, 4.69) is 20.4 Å². The summed E-state index contributed by atoms with van der Waals surface area (Å²) in [4.78, 5) is 28.0. The highest BCUT2D eigenvalue weighted by Gasteiger charge is 2.37. The molecule has 2 N–H and O–H groups in total. The number of carbonyl (C=O) groups is 2. The highest BCUT2D eigenvalue weighted by atomic mass is 19.3. The van der Waals surface area contributed by atoms with Crippen molar-refractivity contribution in [3.63, 3.8) is 0 Å². The highest BCUT2D eigenvalue weighted by Crippen LogP contribution is 2.29. The zero-order valence-electron chi connectivity index (χ0n) is 14.9. The van der Waals surface area contributed by atoms with E-state index in [1.165, 1.54) is 6.20 Å². The van der Waals surface area contributed by atoms with Crippen LogP contribution in [-0.4, -0.2) is 76.5 Å². The number of carbonyl (C=O) groups excluding carboxylic acids is 2.